The second-order valence-corrected chi connectivity index (χ2v) is 15.3. The van der Waals surface area contributed by atoms with E-state index in [0.29, 0.717) is 0 Å². The van der Waals surface area contributed by atoms with Crippen LogP contribution in [0, 0.1) is 21.4 Å². The van der Waals surface area contributed by atoms with Gasteiger partial charge in [0.05, 0.1) is 35.1 Å². The molecular formula is C23H12Cl2I6N4O10. The number of carbonyl (C=O) groups is 8. The Morgan fingerprint density at radius 1 is 0.533 bits per heavy atom. The molecule has 22 heteroatoms. The van der Waals surface area contributed by atoms with Gasteiger partial charge in [0, 0.05) is 21.4 Å². The van der Waals surface area contributed by atoms with Crippen molar-refractivity contribution in [1.29, 1.82) is 0 Å². The lowest BCUT2D eigenvalue weighted by molar-refractivity contribution is -0.161. The zero-order valence-electron chi connectivity index (χ0n) is 21.4. The van der Waals surface area contributed by atoms with Crippen LogP contribution in [0.2, 0.25) is 0 Å². The third kappa shape index (κ3) is 10.3. The Bertz CT molecular complexity index is 1500. The van der Waals surface area contributed by atoms with Crippen LogP contribution in [-0.2, 0) is 41.7 Å². The van der Waals surface area contributed by atoms with E-state index in [2.05, 4.69) is 0 Å². The van der Waals surface area contributed by atoms with Gasteiger partial charge in [0.1, 0.15) is 6.42 Å². The maximum absolute atomic E-state index is 12.4. The molecule has 2 rings (SSSR count). The van der Waals surface area contributed by atoms with Crippen LogP contribution < -0.4 is 22.4 Å². The van der Waals surface area contributed by atoms with Crippen LogP contribution in [0.15, 0.2) is 0 Å². The van der Waals surface area contributed by atoms with Gasteiger partial charge in [-0.1, -0.05) is 0 Å². The van der Waals surface area contributed by atoms with Crippen LogP contribution in [-0.4, -0.2) is 46.1 Å². The summed E-state index contributed by atoms with van der Waals surface area (Å²) in [6.45, 7) is 0. The van der Waals surface area contributed by atoms with E-state index in [-0.39, 0.29) is 54.8 Å². The smallest absolute Gasteiger partial charge is 0.336 e. The fourth-order valence-electron chi connectivity index (χ4n) is 3.33. The third-order valence-electron chi connectivity index (χ3n) is 5.22. The maximum Gasteiger partial charge on any atom is 0.336 e. The molecule has 0 bridgehead atoms. The van der Waals surface area contributed by atoms with Gasteiger partial charge in [-0.3, -0.25) is 28.8 Å². The first-order valence-electron chi connectivity index (χ1n) is 11.2. The number of carbonyl (C=O) groups excluding carboxylic acids is 8. The average molecular weight is 1340 g/mol. The number of hydrogen-bond donors (Lipinski definition) is 4. The molecule has 14 nitrogen and oxygen atoms in total. The summed E-state index contributed by atoms with van der Waals surface area (Å²) in [5.41, 5.74) is 14.7. The highest BCUT2D eigenvalue weighted by Gasteiger charge is 2.29. The number of benzene rings is 2. The largest absolute Gasteiger partial charge is 0.366 e. The summed E-state index contributed by atoms with van der Waals surface area (Å²) in [6.07, 6.45) is -1.97. The second kappa shape index (κ2) is 17.8. The number of primary amides is 2. The Balaban J connectivity index is 2.03. The van der Waals surface area contributed by atoms with Crippen molar-refractivity contribution in [2.75, 3.05) is 0 Å². The summed E-state index contributed by atoms with van der Waals surface area (Å²) in [4.78, 5) is 106. The fraction of sp³-hybridized carbons (Fsp3) is 0.130. The lowest BCUT2D eigenvalue weighted by Crippen LogP contribution is -2.35. The topological polar surface area (TPSA) is 231 Å². The summed E-state index contributed by atoms with van der Waals surface area (Å²) < 4.78 is 1.49. The Morgan fingerprint density at radius 3 is 1.09 bits per heavy atom. The molecule has 240 valence electrons. The Labute approximate surface area is 344 Å². The Hall–Kier alpha value is -0.440. The molecule has 0 heterocycles. The van der Waals surface area contributed by atoms with E-state index in [1.54, 1.807) is 147 Å². The molecular weight excluding hydrogens is 1320 g/mol. The number of amides is 4. The average Bonchev–Trinajstić information content (AvgIpc) is 2.90. The monoisotopic (exact) mass is 1340 g/mol. The zero-order chi connectivity index (χ0) is 34.5. The lowest BCUT2D eigenvalue weighted by Gasteiger charge is -2.16. The summed E-state index contributed by atoms with van der Waals surface area (Å²) >= 11 is 21.9. The van der Waals surface area contributed by atoms with Crippen LogP contribution in [0.4, 0.5) is 0 Å². The highest BCUT2D eigenvalue weighted by atomic mass is 127. The first-order valence-corrected chi connectivity index (χ1v) is 18.4. The molecule has 0 saturated heterocycles. The molecule has 0 spiro atoms. The first-order chi connectivity index (χ1) is 20.8. The Kier molecular flexibility index (Phi) is 16.1. The molecule has 2 aromatic rings. The molecule has 6 N–H and O–H groups in total. The molecule has 0 aliphatic heterocycles. The van der Waals surface area contributed by atoms with Crippen molar-refractivity contribution in [3.63, 3.8) is 0 Å². The van der Waals surface area contributed by atoms with Crippen molar-refractivity contribution < 1.29 is 48.0 Å². The van der Waals surface area contributed by atoms with Crippen molar-refractivity contribution in [3.05, 3.63) is 54.8 Å². The van der Waals surface area contributed by atoms with E-state index in [0.717, 1.165) is 0 Å². The fourth-order valence-corrected chi connectivity index (χ4v) is 13.5. The predicted octanol–water partition coefficient (Wildman–Crippen LogP) is 3.59. The van der Waals surface area contributed by atoms with Crippen LogP contribution in [0.1, 0.15) is 59.0 Å². The SMILES string of the molecule is NC(=O)c1c(I)c(CC(=O)ONC(=O)CC(=O)NOC(=O)Cc2c(I)c(C(N)=O)c(I)c(C(=O)Cl)c2I)c(I)c(C(=O)Cl)c1I. The molecule has 0 radical (unpaired) electrons. The minimum absolute atomic E-state index is 0.0219. The quantitative estimate of drug-likeness (QED) is 0.117. The standard InChI is InChI=1S/C23H12Cl2I6N4O10/c24-20(40)10-14(26)4(16(28)12(18(10)30)22(32)42)1-8(38)44-34-6(36)3-7(37)35-45-9(39)2-5-15(27)11(21(25)41)19(31)13(17(5)29)23(33)43/h1-3H2,(H2,32,42)(H2,33,43)(H,34,36)(H,35,37). The van der Waals surface area contributed by atoms with Gasteiger partial charge in [0.25, 0.3) is 34.1 Å². The van der Waals surface area contributed by atoms with Gasteiger partial charge in [-0.25, -0.2) is 9.59 Å². The first kappa shape index (κ1) is 40.7. The van der Waals surface area contributed by atoms with Crippen LogP contribution in [0.3, 0.4) is 0 Å². The van der Waals surface area contributed by atoms with Gasteiger partial charge < -0.3 is 21.1 Å². The maximum atomic E-state index is 12.4. The van der Waals surface area contributed by atoms with Crippen LogP contribution in [0.25, 0.3) is 0 Å². The normalized spacial score (nSPS) is 10.5. The van der Waals surface area contributed by atoms with Gasteiger partial charge in [-0.15, -0.1) is 0 Å². The molecule has 0 saturated carbocycles. The predicted molar refractivity (Wildman–Crippen MR) is 207 cm³/mol. The Morgan fingerprint density at radius 2 is 0.822 bits per heavy atom. The molecule has 0 unspecified atom stereocenters. The van der Waals surface area contributed by atoms with E-state index in [9.17, 15) is 38.4 Å². The molecule has 0 aliphatic carbocycles. The lowest BCUT2D eigenvalue weighted by atomic mass is 10.0. The van der Waals surface area contributed by atoms with Gasteiger partial charge in [-0.05, 0) is 170 Å². The van der Waals surface area contributed by atoms with Crippen molar-refractivity contribution >= 4 is 205 Å². The molecule has 2 aromatic carbocycles. The van der Waals surface area contributed by atoms with Crippen molar-refractivity contribution in [2.24, 2.45) is 11.5 Å². The summed E-state index contributed by atoms with van der Waals surface area (Å²) in [5, 5.41) is -1.77. The second-order valence-electron chi connectivity index (χ2n) is 8.15. The third-order valence-corrected chi connectivity index (χ3v) is 12.5. The molecule has 45 heavy (non-hydrogen) atoms. The summed E-state index contributed by atoms with van der Waals surface area (Å²) in [5.74, 6) is -5.97. The van der Waals surface area contributed by atoms with Crippen molar-refractivity contribution in [3.8, 4) is 0 Å². The summed E-state index contributed by atoms with van der Waals surface area (Å²) in [6, 6.07) is 0. The van der Waals surface area contributed by atoms with E-state index in [4.69, 9.17) is 44.3 Å². The van der Waals surface area contributed by atoms with Crippen LogP contribution >= 0.6 is 159 Å². The van der Waals surface area contributed by atoms with E-state index < -0.39 is 65.3 Å². The number of rotatable bonds is 10. The summed E-state index contributed by atoms with van der Waals surface area (Å²) in [7, 11) is 0. The minimum atomic E-state index is -1.10. The minimum Gasteiger partial charge on any atom is -0.366 e. The number of nitrogens with two attached hydrogens (primary N) is 2. The molecule has 0 atom stereocenters. The van der Waals surface area contributed by atoms with Gasteiger partial charge >= 0.3 is 11.9 Å². The zero-order valence-corrected chi connectivity index (χ0v) is 35.8. The number of hydroxylamine groups is 2. The van der Waals surface area contributed by atoms with Gasteiger partial charge in [0.2, 0.25) is 0 Å². The molecule has 0 aliphatic rings. The molecule has 0 fully saturated rings. The van der Waals surface area contributed by atoms with E-state index in [1.165, 1.54) is 0 Å². The van der Waals surface area contributed by atoms with Crippen LogP contribution in [0.5, 0.6) is 0 Å². The van der Waals surface area contributed by atoms with E-state index in [1.807, 2.05) is 0 Å². The van der Waals surface area contributed by atoms with Gasteiger partial charge in [0.15, 0.2) is 0 Å². The number of nitrogens with one attached hydrogen (secondary N) is 2. The number of hydrogen-bond acceptors (Lipinski definition) is 10. The van der Waals surface area contributed by atoms with Crippen molar-refractivity contribution in [2.45, 2.75) is 19.3 Å². The molecule has 4 amide bonds. The van der Waals surface area contributed by atoms with Gasteiger partial charge in [-0.2, -0.15) is 11.0 Å². The molecule has 0 aromatic heterocycles. The highest BCUT2D eigenvalue weighted by molar-refractivity contribution is 14.1. The number of halogens is 8. The van der Waals surface area contributed by atoms with E-state index >= 15 is 0 Å². The highest BCUT2D eigenvalue weighted by Crippen LogP contribution is 2.34. The van der Waals surface area contributed by atoms with Crippen molar-refractivity contribution in [1.82, 2.24) is 11.0 Å².